The first-order chi connectivity index (χ1) is 10.00. The van der Waals surface area contributed by atoms with Crippen molar-refractivity contribution in [3.63, 3.8) is 0 Å². The molecule has 0 radical (unpaired) electrons. The molecular weight excluding hydrogens is 266 g/mol. The van der Waals surface area contributed by atoms with Crippen LogP contribution in [0.5, 0.6) is 0 Å². The van der Waals surface area contributed by atoms with Crippen LogP contribution in [0.25, 0.3) is 0 Å². The number of piperazine rings is 1. The third kappa shape index (κ3) is 4.32. The predicted octanol–water partition coefficient (Wildman–Crippen LogP) is 1.40. The van der Waals surface area contributed by atoms with Gasteiger partial charge in [0.15, 0.2) is 0 Å². The summed E-state index contributed by atoms with van der Waals surface area (Å²) in [7, 11) is 0. The SMILES string of the molecule is CC(CCc1ccco1)NC(=O)C(C)(C)N1CCNCC1. The number of furan rings is 1. The number of nitrogens with one attached hydrogen (secondary N) is 2. The van der Waals surface area contributed by atoms with E-state index in [0.717, 1.165) is 44.8 Å². The first-order valence-corrected chi connectivity index (χ1v) is 7.79. The van der Waals surface area contributed by atoms with Crippen LogP contribution in [0.15, 0.2) is 22.8 Å². The Morgan fingerprint density at radius 3 is 2.81 bits per heavy atom. The monoisotopic (exact) mass is 293 g/mol. The molecule has 5 heteroatoms. The molecule has 2 N–H and O–H groups in total. The number of hydrogen-bond acceptors (Lipinski definition) is 4. The first kappa shape index (κ1) is 16.0. The van der Waals surface area contributed by atoms with Crippen molar-refractivity contribution in [2.45, 2.75) is 45.2 Å². The maximum absolute atomic E-state index is 12.5. The molecule has 1 unspecified atom stereocenters. The molecule has 0 aliphatic carbocycles. The van der Waals surface area contributed by atoms with Gasteiger partial charge in [0, 0.05) is 38.6 Å². The Morgan fingerprint density at radius 2 is 2.19 bits per heavy atom. The lowest BCUT2D eigenvalue weighted by Crippen LogP contribution is -2.60. The number of rotatable bonds is 6. The molecule has 2 rings (SSSR count). The van der Waals surface area contributed by atoms with Crippen LogP contribution in [0, 0.1) is 0 Å². The molecule has 1 saturated heterocycles. The van der Waals surface area contributed by atoms with Crippen LogP contribution in [0.1, 0.15) is 33.0 Å². The lowest BCUT2D eigenvalue weighted by Gasteiger charge is -2.40. The van der Waals surface area contributed by atoms with Crippen molar-refractivity contribution in [2.75, 3.05) is 26.2 Å². The molecule has 0 aromatic carbocycles. The Kier molecular flexibility index (Phi) is 5.42. The summed E-state index contributed by atoms with van der Waals surface area (Å²) in [6, 6.07) is 4.01. The Labute approximate surface area is 127 Å². The highest BCUT2D eigenvalue weighted by Gasteiger charge is 2.35. The zero-order valence-electron chi connectivity index (χ0n) is 13.3. The van der Waals surface area contributed by atoms with Gasteiger partial charge >= 0.3 is 0 Å². The number of nitrogens with zero attached hydrogens (tertiary/aromatic N) is 1. The van der Waals surface area contributed by atoms with Crippen LogP contribution in [-0.4, -0.2) is 48.6 Å². The molecule has 5 nitrogen and oxygen atoms in total. The second kappa shape index (κ2) is 7.09. The maximum atomic E-state index is 12.5. The molecule has 1 aromatic rings. The third-order valence-corrected chi connectivity index (χ3v) is 4.24. The molecule has 0 bridgehead atoms. The highest BCUT2D eigenvalue weighted by molar-refractivity contribution is 5.85. The van der Waals surface area contributed by atoms with Crippen molar-refractivity contribution in [2.24, 2.45) is 0 Å². The number of aryl methyl sites for hydroxylation is 1. The quantitative estimate of drug-likeness (QED) is 0.832. The van der Waals surface area contributed by atoms with Gasteiger partial charge in [0.05, 0.1) is 11.8 Å². The fraction of sp³-hybridized carbons (Fsp3) is 0.688. The standard InChI is InChI=1S/C16H27N3O2/c1-13(6-7-14-5-4-12-21-14)18-15(20)16(2,3)19-10-8-17-9-11-19/h4-5,12-13,17H,6-11H2,1-3H3,(H,18,20). The molecular formula is C16H27N3O2. The number of carbonyl (C=O) groups excluding carboxylic acids is 1. The number of hydrogen-bond donors (Lipinski definition) is 2. The molecule has 0 saturated carbocycles. The van der Waals surface area contributed by atoms with Crippen molar-refractivity contribution < 1.29 is 9.21 Å². The average Bonchev–Trinajstić information content (AvgIpc) is 2.99. The topological polar surface area (TPSA) is 57.5 Å². The minimum atomic E-state index is -0.457. The molecule has 118 valence electrons. The summed E-state index contributed by atoms with van der Waals surface area (Å²) in [6.07, 6.45) is 3.42. The molecule has 1 aliphatic heterocycles. The minimum Gasteiger partial charge on any atom is -0.469 e. The Bertz CT molecular complexity index is 436. The number of amides is 1. The van der Waals surface area contributed by atoms with Crippen LogP contribution < -0.4 is 10.6 Å². The van der Waals surface area contributed by atoms with Gasteiger partial charge in [-0.2, -0.15) is 0 Å². The molecule has 1 atom stereocenters. The average molecular weight is 293 g/mol. The van der Waals surface area contributed by atoms with Crippen LogP contribution in [0.2, 0.25) is 0 Å². The smallest absolute Gasteiger partial charge is 0.240 e. The van der Waals surface area contributed by atoms with E-state index in [9.17, 15) is 4.79 Å². The second-order valence-electron chi connectivity index (χ2n) is 6.29. The van der Waals surface area contributed by atoms with Gasteiger partial charge in [-0.3, -0.25) is 9.69 Å². The van der Waals surface area contributed by atoms with Crippen LogP contribution in [0.4, 0.5) is 0 Å². The maximum Gasteiger partial charge on any atom is 0.240 e. The van der Waals surface area contributed by atoms with E-state index in [1.807, 2.05) is 26.0 Å². The van der Waals surface area contributed by atoms with Crippen LogP contribution >= 0.6 is 0 Å². The van der Waals surface area contributed by atoms with Gasteiger partial charge in [0.2, 0.25) is 5.91 Å². The summed E-state index contributed by atoms with van der Waals surface area (Å²) in [5.41, 5.74) is -0.457. The first-order valence-electron chi connectivity index (χ1n) is 7.79. The summed E-state index contributed by atoms with van der Waals surface area (Å²) in [5.74, 6) is 1.08. The summed E-state index contributed by atoms with van der Waals surface area (Å²) in [4.78, 5) is 14.8. The van der Waals surface area contributed by atoms with Gasteiger partial charge in [0.25, 0.3) is 0 Å². The third-order valence-electron chi connectivity index (χ3n) is 4.24. The van der Waals surface area contributed by atoms with E-state index in [1.165, 1.54) is 0 Å². The highest BCUT2D eigenvalue weighted by atomic mass is 16.3. The van der Waals surface area contributed by atoms with Gasteiger partial charge in [0.1, 0.15) is 5.76 Å². The molecule has 21 heavy (non-hydrogen) atoms. The summed E-state index contributed by atoms with van der Waals surface area (Å²) >= 11 is 0. The predicted molar refractivity (Wildman–Crippen MR) is 83.2 cm³/mol. The minimum absolute atomic E-state index is 0.108. The summed E-state index contributed by atoms with van der Waals surface area (Å²) < 4.78 is 5.32. The Hall–Kier alpha value is -1.33. The van der Waals surface area contributed by atoms with E-state index in [4.69, 9.17) is 4.42 Å². The van der Waals surface area contributed by atoms with E-state index >= 15 is 0 Å². The largest absolute Gasteiger partial charge is 0.469 e. The zero-order chi connectivity index (χ0) is 15.3. The zero-order valence-corrected chi connectivity index (χ0v) is 13.3. The highest BCUT2D eigenvalue weighted by Crippen LogP contribution is 2.16. The van der Waals surface area contributed by atoms with Crippen molar-refractivity contribution in [3.05, 3.63) is 24.2 Å². The van der Waals surface area contributed by atoms with Crippen LogP contribution in [0.3, 0.4) is 0 Å². The number of carbonyl (C=O) groups is 1. The van der Waals surface area contributed by atoms with Gasteiger partial charge in [-0.05, 0) is 39.3 Å². The second-order valence-corrected chi connectivity index (χ2v) is 6.29. The van der Waals surface area contributed by atoms with Crippen LogP contribution in [-0.2, 0) is 11.2 Å². The summed E-state index contributed by atoms with van der Waals surface area (Å²) in [5, 5.41) is 6.46. The van der Waals surface area contributed by atoms with E-state index < -0.39 is 5.54 Å². The normalized spacial score (nSPS) is 18.4. The fourth-order valence-corrected chi connectivity index (χ4v) is 2.65. The van der Waals surface area contributed by atoms with Gasteiger partial charge in [-0.1, -0.05) is 0 Å². The van der Waals surface area contributed by atoms with Crippen molar-refractivity contribution in [1.29, 1.82) is 0 Å². The Balaban J connectivity index is 1.81. The summed E-state index contributed by atoms with van der Waals surface area (Å²) in [6.45, 7) is 9.80. The van der Waals surface area contributed by atoms with Gasteiger partial charge in [-0.15, -0.1) is 0 Å². The van der Waals surface area contributed by atoms with E-state index in [-0.39, 0.29) is 11.9 Å². The van der Waals surface area contributed by atoms with Crippen molar-refractivity contribution in [1.82, 2.24) is 15.5 Å². The molecule has 1 aromatic heterocycles. The van der Waals surface area contributed by atoms with Gasteiger partial charge < -0.3 is 15.1 Å². The Morgan fingerprint density at radius 1 is 1.48 bits per heavy atom. The lowest BCUT2D eigenvalue weighted by molar-refractivity contribution is -0.132. The molecule has 1 fully saturated rings. The van der Waals surface area contributed by atoms with Gasteiger partial charge in [-0.25, -0.2) is 0 Å². The molecule has 0 spiro atoms. The lowest BCUT2D eigenvalue weighted by atomic mass is 9.99. The molecule has 2 heterocycles. The fourth-order valence-electron chi connectivity index (χ4n) is 2.65. The molecule has 1 aliphatic rings. The van der Waals surface area contributed by atoms with Crippen molar-refractivity contribution >= 4 is 5.91 Å². The van der Waals surface area contributed by atoms with E-state index in [0.29, 0.717) is 0 Å². The van der Waals surface area contributed by atoms with E-state index in [2.05, 4.69) is 22.5 Å². The molecule has 1 amide bonds. The van der Waals surface area contributed by atoms with E-state index in [1.54, 1.807) is 6.26 Å². The van der Waals surface area contributed by atoms with Crippen molar-refractivity contribution in [3.8, 4) is 0 Å².